The van der Waals surface area contributed by atoms with E-state index in [9.17, 15) is 10.1 Å². The van der Waals surface area contributed by atoms with Crippen LogP contribution in [0.1, 0.15) is 19.3 Å². The summed E-state index contributed by atoms with van der Waals surface area (Å²) >= 11 is 0. The van der Waals surface area contributed by atoms with Crippen LogP contribution in [0.4, 0.5) is 17.3 Å². The number of nitro groups is 1. The Balaban J connectivity index is 2.06. The minimum Gasteiger partial charge on any atom is -0.385 e. The number of methoxy groups -OCH3 is 1. The maximum absolute atomic E-state index is 11.0. The molecule has 0 amide bonds. The summed E-state index contributed by atoms with van der Waals surface area (Å²) in [5.41, 5.74) is 0.216. The Morgan fingerprint density at radius 1 is 1.50 bits per heavy atom. The van der Waals surface area contributed by atoms with E-state index in [0.29, 0.717) is 24.8 Å². The summed E-state index contributed by atoms with van der Waals surface area (Å²) in [6.45, 7) is 1.41. The Morgan fingerprint density at radius 3 is 2.80 bits per heavy atom. The molecule has 2 N–H and O–H groups in total. The normalized spacial score (nSPS) is 15.7. The predicted molar refractivity (Wildman–Crippen MR) is 77.1 cm³/mol. The van der Waals surface area contributed by atoms with Gasteiger partial charge in [-0.15, -0.1) is 0 Å². The average Bonchev–Trinajstić information content (AvgIpc) is 3.23. The number of pyridine rings is 1. The van der Waals surface area contributed by atoms with Gasteiger partial charge in [0, 0.05) is 33.4 Å². The van der Waals surface area contributed by atoms with E-state index in [1.807, 2.05) is 0 Å². The third-order valence-electron chi connectivity index (χ3n) is 3.75. The molecule has 1 aromatic rings. The van der Waals surface area contributed by atoms with Crippen molar-refractivity contribution in [2.75, 3.05) is 37.9 Å². The quantitative estimate of drug-likeness (QED) is 0.561. The zero-order valence-corrected chi connectivity index (χ0v) is 11.8. The molecule has 1 heterocycles. The van der Waals surface area contributed by atoms with Crippen LogP contribution in [0.2, 0.25) is 0 Å². The summed E-state index contributed by atoms with van der Waals surface area (Å²) in [5.74, 6) is 0.936. The fraction of sp³-hybridized carbons (Fsp3) is 0.615. The summed E-state index contributed by atoms with van der Waals surface area (Å²) in [4.78, 5) is 14.8. The smallest absolute Gasteiger partial charge is 0.311 e. The molecule has 7 heteroatoms. The molecule has 2 rings (SSSR count). The second-order valence-electron chi connectivity index (χ2n) is 5.17. The van der Waals surface area contributed by atoms with Gasteiger partial charge in [0.2, 0.25) is 5.82 Å². The molecule has 1 fully saturated rings. The fourth-order valence-corrected chi connectivity index (χ4v) is 2.15. The Bertz CT molecular complexity index is 489. The number of nitrogens with zero attached hydrogens (tertiary/aromatic N) is 2. The summed E-state index contributed by atoms with van der Waals surface area (Å²) in [5, 5.41) is 17.0. The molecule has 1 aromatic heterocycles. The number of aromatic nitrogens is 1. The van der Waals surface area contributed by atoms with Gasteiger partial charge in [-0.25, -0.2) is 4.98 Å². The van der Waals surface area contributed by atoms with Gasteiger partial charge in [-0.3, -0.25) is 10.1 Å². The first kappa shape index (κ1) is 14.5. The SMILES string of the molecule is CNc1ccc([N+](=O)[O-])c(NCC2(CCOC)CC2)n1. The van der Waals surface area contributed by atoms with Crippen LogP contribution in [0.5, 0.6) is 0 Å². The molecule has 0 radical (unpaired) electrons. The third kappa shape index (κ3) is 3.36. The van der Waals surface area contributed by atoms with Crippen LogP contribution in [-0.4, -0.2) is 37.2 Å². The topological polar surface area (TPSA) is 89.3 Å². The van der Waals surface area contributed by atoms with Crippen molar-refractivity contribution >= 4 is 17.3 Å². The lowest BCUT2D eigenvalue weighted by atomic mass is 10.0. The van der Waals surface area contributed by atoms with Crippen LogP contribution in [0.15, 0.2) is 12.1 Å². The van der Waals surface area contributed by atoms with Crippen molar-refractivity contribution in [3.05, 3.63) is 22.2 Å². The van der Waals surface area contributed by atoms with Crippen LogP contribution in [-0.2, 0) is 4.74 Å². The largest absolute Gasteiger partial charge is 0.385 e. The first-order chi connectivity index (χ1) is 9.60. The molecule has 1 aliphatic carbocycles. The van der Waals surface area contributed by atoms with Gasteiger partial charge >= 0.3 is 5.69 Å². The van der Waals surface area contributed by atoms with Crippen molar-refractivity contribution in [1.29, 1.82) is 0 Å². The van der Waals surface area contributed by atoms with Crippen molar-refractivity contribution in [3.63, 3.8) is 0 Å². The van der Waals surface area contributed by atoms with E-state index in [1.165, 1.54) is 6.07 Å². The first-order valence-electron chi connectivity index (χ1n) is 6.66. The van der Waals surface area contributed by atoms with E-state index < -0.39 is 4.92 Å². The Hall–Kier alpha value is -1.89. The van der Waals surface area contributed by atoms with Crippen LogP contribution in [0.3, 0.4) is 0 Å². The summed E-state index contributed by atoms with van der Waals surface area (Å²) in [6.07, 6.45) is 3.22. The van der Waals surface area contributed by atoms with E-state index in [0.717, 1.165) is 19.3 Å². The fourth-order valence-electron chi connectivity index (χ4n) is 2.15. The monoisotopic (exact) mass is 280 g/mol. The molecule has 20 heavy (non-hydrogen) atoms. The second kappa shape index (κ2) is 6.04. The molecule has 0 saturated heterocycles. The Labute approximate surface area is 117 Å². The number of anilines is 2. The zero-order chi connectivity index (χ0) is 14.6. The minimum absolute atomic E-state index is 0.00606. The highest BCUT2D eigenvalue weighted by Gasteiger charge is 2.42. The van der Waals surface area contributed by atoms with Gasteiger partial charge in [-0.05, 0) is 30.7 Å². The summed E-state index contributed by atoms with van der Waals surface area (Å²) in [7, 11) is 3.42. The van der Waals surface area contributed by atoms with E-state index in [4.69, 9.17) is 4.74 Å². The lowest BCUT2D eigenvalue weighted by Gasteiger charge is -2.16. The number of hydrogen-bond acceptors (Lipinski definition) is 6. The number of nitrogens with one attached hydrogen (secondary N) is 2. The van der Waals surface area contributed by atoms with E-state index >= 15 is 0 Å². The predicted octanol–water partition coefficient (Wildman–Crippen LogP) is 2.26. The molecular formula is C13H20N4O3. The number of ether oxygens (including phenoxy) is 1. The van der Waals surface area contributed by atoms with Crippen molar-refractivity contribution in [1.82, 2.24) is 4.98 Å². The van der Waals surface area contributed by atoms with Gasteiger partial charge in [0.05, 0.1) is 4.92 Å². The van der Waals surface area contributed by atoms with Crippen LogP contribution >= 0.6 is 0 Å². The lowest BCUT2D eigenvalue weighted by Crippen LogP contribution is -2.18. The molecule has 7 nitrogen and oxygen atoms in total. The maximum Gasteiger partial charge on any atom is 0.311 e. The summed E-state index contributed by atoms with van der Waals surface area (Å²) < 4.78 is 5.11. The average molecular weight is 280 g/mol. The molecular weight excluding hydrogens is 260 g/mol. The molecule has 0 atom stereocenters. The molecule has 1 saturated carbocycles. The number of rotatable bonds is 8. The highest BCUT2D eigenvalue weighted by atomic mass is 16.6. The van der Waals surface area contributed by atoms with Gasteiger partial charge in [-0.2, -0.15) is 0 Å². The van der Waals surface area contributed by atoms with Gasteiger partial charge in [0.1, 0.15) is 5.82 Å². The van der Waals surface area contributed by atoms with Crippen molar-refractivity contribution in [2.24, 2.45) is 5.41 Å². The van der Waals surface area contributed by atoms with Gasteiger partial charge < -0.3 is 15.4 Å². The zero-order valence-electron chi connectivity index (χ0n) is 11.8. The molecule has 0 aliphatic heterocycles. The molecule has 1 aliphatic rings. The van der Waals surface area contributed by atoms with Crippen LogP contribution in [0.25, 0.3) is 0 Å². The van der Waals surface area contributed by atoms with E-state index in [2.05, 4.69) is 15.6 Å². The van der Waals surface area contributed by atoms with Gasteiger partial charge in [0.15, 0.2) is 0 Å². The maximum atomic E-state index is 11.0. The third-order valence-corrected chi connectivity index (χ3v) is 3.75. The Kier molecular flexibility index (Phi) is 4.39. The van der Waals surface area contributed by atoms with Crippen LogP contribution in [0, 0.1) is 15.5 Å². The minimum atomic E-state index is -0.413. The summed E-state index contributed by atoms with van der Waals surface area (Å²) in [6, 6.07) is 3.07. The molecule has 0 spiro atoms. The molecule has 0 bridgehead atoms. The lowest BCUT2D eigenvalue weighted by molar-refractivity contribution is -0.384. The standard InChI is InChI=1S/C13H20N4O3/c1-14-11-4-3-10(17(18)19)12(16-11)15-9-13(5-6-13)7-8-20-2/h3-4H,5-9H2,1-2H3,(H2,14,15,16). The first-order valence-corrected chi connectivity index (χ1v) is 6.66. The van der Waals surface area contributed by atoms with Gasteiger partial charge in [0.25, 0.3) is 0 Å². The molecule has 0 unspecified atom stereocenters. The highest BCUT2D eigenvalue weighted by Crippen LogP contribution is 2.48. The van der Waals surface area contributed by atoms with Crippen molar-refractivity contribution in [2.45, 2.75) is 19.3 Å². The number of hydrogen-bond donors (Lipinski definition) is 2. The van der Waals surface area contributed by atoms with Crippen LogP contribution < -0.4 is 10.6 Å². The second-order valence-corrected chi connectivity index (χ2v) is 5.17. The Morgan fingerprint density at radius 2 is 2.25 bits per heavy atom. The highest BCUT2D eigenvalue weighted by molar-refractivity contribution is 5.60. The molecule has 0 aromatic carbocycles. The van der Waals surface area contributed by atoms with Crippen molar-refractivity contribution in [3.8, 4) is 0 Å². The van der Waals surface area contributed by atoms with Crippen molar-refractivity contribution < 1.29 is 9.66 Å². The van der Waals surface area contributed by atoms with E-state index in [1.54, 1.807) is 20.2 Å². The van der Waals surface area contributed by atoms with Gasteiger partial charge in [-0.1, -0.05) is 0 Å². The van der Waals surface area contributed by atoms with E-state index in [-0.39, 0.29) is 11.1 Å². The molecule has 110 valence electrons.